The summed E-state index contributed by atoms with van der Waals surface area (Å²) in [4.78, 5) is 30.4. The lowest BCUT2D eigenvalue weighted by Crippen LogP contribution is -2.23. The second-order valence-corrected chi connectivity index (χ2v) is 8.79. The van der Waals surface area contributed by atoms with Crippen molar-refractivity contribution in [1.29, 1.82) is 0 Å². The van der Waals surface area contributed by atoms with Crippen LogP contribution in [-0.4, -0.2) is 23.5 Å². The molecule has 6 heteroatoms. The summed E-state index contributed by atoms with van der Waals surface area (Å²) in [5, 5.41) is 3.62. The van der Waals surface area contributed by atoms with Crippen molar-refractivity contribution < 1.29 is 18.7 Å². The molecule has 1 amide bonds. The molecule has 2 heterocycles. The first-order valence-corrected chi connectivity index (χ1v) is 11.4. The molecular weight excluding hydrogens is 428 g/mol. The van der Waals surface area contributed by atoms with Gasteiger partial charge in [-0.25, -0.2) is 9.78 Å². The van der Waals surface area contributed by atoms with E-state index < -0.39 is 12.6 Å². The van der Waals surface area contributed by atoms with E-state index >= 15 is 0 Å². The van der Waals surface area contributed by atoms with Crippen molar-refractivity contribution >= 4 is 28.5 Å². The number of hydrogen-bond donors (Lipinski definition) is 1. The molecule has 2 aromatic heterocycles. The van der Waals surface area contributed by atoms with Gasteiger partial charge in [-0.2, -0.15) is 0 Å². The maximum absolute atomic E-state index is 13.0. The fourth-order valence-corrected chi connectivity index (χ4v) is 3.97. The molecule has 0 aliphatic carbocycles. The number of nitrogens with one attached hydrogen (secondary N) is 1. The molecule has 0 saturated carbocycles. The number of ether oxygens (including phenoxy) is 1. The summed E-state index contributed by atoms with van der Waals surface area (Å²) in [6.07, 6.45) is 1.55. The number of pyridine rings is 1. The molecule has 0 fully saturated rings. The Morgan fingerprint density at radius 3 is 2.29 bits per heavy atom. The maximum Gasteiger partial charge on any atom is 0.339 e. The smallest absolute Gasteiger partial charge is 0.339 e. The SMILES string of the molecule is CC(C)c1cccc(C(C)C)c1NC(=O)COC(=O)c1cc(-c2ccco2)nc2ccccc12. The number of anilines is 1. The number of hydrogen-bond acceptors (Lipinski definition) is 5. The van der Waals surface area contributed by atoms with E-state index in [4.69, 9.17) is 9.15 Å². The molecule has 0 aliphatic heterocycles. The van der Waals surface area contributed by atoms with E-state index in [1.165, 1.54) is 0 Å². The zero-order valence-corrected chi connectivity index (χ0v) is 19.8. The second-order valence-electron chi connectivity index (χ2n) is 8.79. The van der Waals surface area contributed by atoms with Gasteiger partial charge >= 0.3 is 5.97 Å². The first kappa shape index (κ1) is 23.2. The van der Waals surface area contributed by atoms with Crippen LogP contribution in [0, 0.1) is 0 Å². The molecule has 0 radical (unpaired) electrons. The van der Waals surface area contributed by atoms with Gasteiger partial charge in [0.15, 0.2) is 12.4 Å². The molecule has 0 spiro atoms. The van der Waals surface area contributed by atoms with Crippen LogP contribution in [0.25, 0.3) is 22.4 Å². The normalized spacial score (nSPS) is 11.2. The number of benzene rings is 2. The van der Waals surface area contributed by atoms with E-state index in [9.17, 15) is 9.59 Å². The number of aromatic nitrogens is 1. The van der Waals surface area contributed by atoms with E-state index in [0.717, 1.165) is 16.8 Å². The van der Waals surface area contributed by atoms with Gasteiger partial charge in [0.05, 0.1) is 17.3 Å². The molecule has 0 unspecified atom stereocenters. The predicted molar refractivity (Wildman–Crippen MR) is 133 cm³/mol. The number of carbonyl (C=O) groups excluding carboxylic acids is 2. The van der Waals surface area contributed by atoms with Gasteiger partial charge in [-0.3, -0.25) is 4.79 Å². The number of para-hydroxylation sites is 2. The third kappa shape index (κ3) is 4.86. The van der Waals surface area contributed by atoms with Gasteiger partial charge in [0.2, 0.25) is 0 Å². The highest BCUT2D eigenvalue weighted by Gasteiger charge is 2.19. The molecule has 0 bridgehead atoms. The number of nitrogens with zero attached hydrogens (tertiary/aromatic N) is 1. The van der Waals surface area contributed by atoms with Gasteiger partial charge in [0.1, 0.15) is 5.69 Å². The standard InChI is InChI=1S/C28H28N2O4/c1-17(2)19-10-7-11-20(18(3)4)27(19)30-26(31)16-34-28(32)22-15-24(25-13-8-14-33-25)29-23-12-6-5-9-21(22)23/h5-15,17-18H,16H2,1-4H3,(H,30,31). The average Bonchev–Trinajstić information content (AvgIpc) is 3.36. The Morgan fingerprint density at radius 2 is 1.65 bits per heavy atom. The molecule has 34 heavy (non-hydrogen) atoms. The Balaban J connectivity index is 1.56. The Kier molecular flexibility index (Phi) is 6.77. The highest BCUT2D eigenvalue weighted by atomic mass is 16.5. The van der Waals surface area contributed by atoms with E-state index in [0.29, 0.717) is 27.9 Å². The van der Waals surface area contributed by atoms with Crippen molar-refractivity contribution in [3.8, 4) is 11.5 Å². The third-order valence-corrected chi connectivity index (χ3v) is 5.68. The van der Waals surface area contributed by atoms with E-state index in [1.807, 2.05) is 36.4 Å². The second kappa shape index (κ2) is 9.91. The summed E-state index contributed by atoms with van der Waals surface area (Å²) in [5.41, 5.74) is 4.38. The van der Waals surface area contributed by atoms with Crippen LogP contribution >= 0.6 is 0 Å². The quantitative estimate of drug-likeness (QED) is 0.319. The Morgan fingerprint density at radius 1 is 0.941 bits per heavy atom. The number of furan rings is 1. The van der Waals surface area contributed by atoms with Crippen LogP contribution in [0.2, 0.25) is 0 Å². The highest BCUT2D eigenvalue weighted by molar-refractivity contribution is 6.05. The summed E-state index contributed by atoms with van der Waals surface area (Å²) in [7, 11) is 0. The predicted octanol–water partition coefficient (Wildman–Crippen LogP) is 6.54. The zero-order valence-electron chi connectivity index (χ0n) is 19.8. The first-order valence-electron chi connectivity index (χ1n) is 11.4. The van der Waals surface area contributed by atoms with Crippen LogP contribution < -0.4 is 5.32 Å². The molecule has 0 aliphatic rings. The number of esters is 1. The minimum Gasteiger partial charge on any atom is -0.463 e. The van der Waals surface area contributed by atoms with Gasteiger partial charge < -0.3 is 14.5 Å². The van der Waals surface area contributed by atoms with Crippen LogP contribution in [0.1, 0.15) is 61.0 Å². The summed E-state index contributed by atoms with van der Waals surface area (Å²) in [6.45, 7) is 7.94. The number of amides is 1. The summed E-state index contributed by atoms with van der Waals surface area (Å²) in [6, 6.07) is 18.5. The Bertz CT molecular complexity index is 1300. The molecule has 4 rings (SSSR count). The average molecular weight is 457 g/mol. The topological polar surface area (TPSA) is 81.4 Å². The van der Waals surface area contributed by atoms with Crippen molar-refractivity contribution in [3.05, 3.63) is 83.6 Å². The lowest BCUT2D eigenvalue weighted by molar-refractivity contribution is -0.119. The number of rotatable bonds is 7. The minimum atomic E-state index is -0.595. The van der Waals surface area contributed by atoms with Crippen LogP contribution in [0.3, 0.4) is 0 Å². The molecule has 0 atom stereocenters. The lowest BCUT2D eigenvalue weighted by Gasteiger charge is -2.20. The summed E-state index contributed by atoms with van der Waals surface area (Å²) < 4.78 is 10.9. The lowest BCUT2D eigenvalue weighted by atomic mass is 9.92. The van der Waals surface area contributed by atoms with Crippen LogP contribution in [0.15, 0.2) is 71.3 Å². The summed E-state index contributed by atoms with van der Waals surface area (Å²) in [5.74, 6) is 0.0410. The van der Waals surface area contributed by atoms with Gasteiger partial charge in [-0.05, 0) is 47.2 Å². The monoisotopic (exact) mass is 456 g/mol. The zero-order chi connectivity index (χ0) is 24.2. The van der Waals surface area contributed by atoms with E-state index in [2.05, 4.69) is 38.0 Å². The van der Waals surface area contributed by atoms with Crippen LogP contribution in [0.5, 0.6) is 0 Å². The molecular formula is C28H28N2O4. The maximum atomic E-state index is 13.0. The van der Waals surface area contributed by atoms with Crippen LogP contribution in [0.4, 0.5) is 5.69 Å². The van der Waals surface area contributed by atoms with Crippen molar-refractivity contribution in [2.45, 2.75) is 39.5 Å². The first-order chi connectivity index (χ1) is 16.3. The Labute approximate surface area is 199 Å². The fraction of sp³-hybridized carbons (Fsp3) is 0.250. The third-order valence-electron chi connectivity index (χ3n) is 5.68. The Hall–Kier alpha value is -3.93. The molecule has 0 saturated heterocycles. The molecule has 2 aromatic carbocycles. The van der Waals surface area contributed by atoms with Gasteiger partial charge in [0, 0.05) is 11.1 Å². The number of carbonyl (C=O) groups is 2. The van der Waals surface area contributed by atoms with Gasteiger partial charge in [-0.15, -0.1) is 0 Å². The minimum absolute atomic E-state index is 0.236. The van der Waals surface area contributed by atoms with Crippen molar-refractivity contribution in [1.82, 2.24) is 4.98 Å². The molecule has 1 N–H and O–H groups in total. The molecule has 174 valence electrons. The van der Waals surface area contributed by atoms with Crippen molar-refractivity contribution in [3.63, 3.8) is 0 Å². The fourth-order valence-electron chi connectivity index (χ4n) is 3.97. The van der Waals surface area contributed by atoms with Crippen molar-refractivity contribution in [2.75, 3.05) is 11.9 Å². The van der Waals surface area contributed by atoms with Gasteiger partial charge in [0.25, 0.3) is 5.91 Å². The highest BCUT2D eigenvalue weighted by Crippen LogP contribution is 2.32. The van der Waals surface area contributed by atoms with Gasteiger partial charge in [-0.1, -0.05) is 64.1 Å². The molecule has 4 aromatic rings. The summed E-state index contributed by atoms with van der Waals surface area (Å²) >= 11 is 0. The number of fused-ring (bicyclic) bond motifs is 1. The van der Waals surface area contributed by atoms with Crippen molar-refractivity contribution in [2.24, 2.45) is 0 Å². The molecule has 6 nitrogen and oxygen atoms in total. The largest absolute Gasteiger partial charge is 0.463 e. The van der Waals surface area contributed by atoms with E-state index in [1.54, 1.807) is 30.5 Å². The van der Waals surface area contributed by atoms with E-state index in [-0.39, 0.29) is 17.7 Å². The van der Waals surface area contributed by atoms with Crippen LogP contribution in [-0.2, 0) is 9.53 Å².